The van der Waals surface area contributed by atoms with E-state index in [-0.39, 0.29) is 12.0 Å². The summed E-state index contributed by atoms with van der Waals surface area (Å²) in [6.45, 7) is 4.28. The molecule has 216 valence electrons. The third-order valence-corrected chi connectivity index (χ3v) is 10.2. The molecule has 0 aromatic heterocycles. The number of carbonyl (C=O) groups is 1. The summed E-state index contributed by atoms with van der Waals surface area (Å²) in [7, 11) is -0.193. The Kier molecular flexibility index (Phi) is 9.87. The number of thiol groups is 1. The van der Waals surface area contributed by atoms with E-state index in [1.54, 1.807) is 13.2 Å². The van der Waals surface area contributed by atoms with Gasteiger partial charge in [0.1, 0.15) is 5.75 Å². The van der Waals surface area contributed by atoms with Gasteiger partial charge in [-0.15, -0.1) is 0 Å². The van der Waals surface area contributed by atoms with Crippen LogP contribution in [-0.4, -0.2) is 48.8 Å². The van der Waals surface area contributed by atoms with E-state index in [1.165, 1.54) is 11.1 Å². The molecule has 5 rings (SSSR count). The lowest BCUT2D eigenvalue weighted by Gasteiger charge is -2.43. The molecule has 6 nitrogen and oxygen atoms in total. The zero-order valence-electron chi connectivity index (χ0n) is 23.6. The quantitative estimate of drug-likeness (QED) is 0.304. The van der Waals surface area contributed by atoms with Crippen LogP contribution in [0.25, 0.3) is 0 Å². The molecule has 0 spiro atoms. The number of hydrogen-bond acceptors (Lipinski definition) is 5. The smallest absolute Gasteiger partial charge is 0.284 e. The molecule has 1 fully saturated rings. The minimum absolute atomic E-state index is 0.0521. The van der Waals surface area contributed by atoms with Crippen molar-refractivity contribution in [1.29, 1.82) is 0 Å². The molecular weight excluding hydrogens is 544 g/mol. The number of amides is 1. The average molecular weight is 585 g/mol. The molecule has 1 amide bonds. The summed E-state index contributed by atoms with van der Waals surface area (Å²) in [6, 6.07) is 11.8. The second-order valence-corrected chi connectivity index (χ2v) is 13.2. The minimum Gasteiger partial charge on any atom is -0.491 e. The fourth-order valence-electron chi connectivity index (χ4n) is 6.18. The Labute approximate surface area is 245 Å². The van der Waals surface area contributed by atoms with Crippen LogP contribution in [0.4, 0.5) is 5.69 Å². The van der Waals surface area contributed by atoms with E-state index in [1.807, 2.05) is 18.2 Å². The Balaban J connectivity index is 1.55. The number of hydrogen-bond donors (Lipinski definition) is 1. The maximum Gasteiger partial charge on any atom is 0.284 e. The number of ether oxygens (including phenoxy) is 2. The molecule has 40 heavy (non-hydrogen) atoms. The van der Waals surface area contributed by atoms with Crippen molar-refractivity contribution in [3.05, 3.63) is 70.3 Å². The van der Waals surface area contributed by atoms with E-state index in [0.717, 1.165) is 74.5 Å². The van der Waals surface area contributed by atoms with Gasteiger partial charge in [0, 0.05) is 47.1 Å². The van der Waals surface area contributed by atoms with Crippen LogP contribution >= 0.6 is 11.6 Å². The van der Waals surface area contributed by atoms with Crippen LogP contribution in [-0.2, 0) is 28.2 Å². The molecule has 8 heteroatoms. The molecule has 2 aromatic rings. The zero-order valence-corrected chi connectivity index (χ0v) is 25.2. The fraction of sp³-hybridized carbons (Fsp3) is 0.531. The summed E-state index contributed by atoms with van der Waals surface area (Å²) in [5.41, 5.74) is 3.97. The van der Waals surface area contributed by atoms with Gasteiger partial charge in [-0.2, -0.15) is 4.36 Å². The lowest BCUT2D eigenvalue weighted by molar-refractivity contribution is 0.0135. The van der Waals surface area contributed by atoms with Gasteiger partial charge in [-0.25, -0.2) is 0 Å². The first-order valence-electron chi connectivity index (χ1n) is 14.6. The number of allylic oxidation sites excluding steroid dienone is 1. The first-order chi connectivity index (χ1) is 19.4. The summed E-state index contributed by atoms with van der Waals surface area (Å²) >= 11 is 6.37. The molecule has 2 aromatic carbocycles. The van der Waals surface area contributed by atoms with Crippen molar-refractivity contribution in [2.75, 3.05) is 37.5 Å². The van der Waals surface area contributed by atoms with Crippen molar-refractivity contribution in [3.63, 3.8) is 0 Å². The number of aryl methyl sites for hydroxylation is 1. The molecule has 2 heterocycles. The second kappa shape index (κ2) is 13.5. The van der Waals surface area contributed by atoms with E-state index in [4.69, 9.17) is 21.1 Å². The van der Waals surface area contributed by atoms with Crippen molar-refractivity contribution < 1.29 is 18.5 Å². The largest absolute Gasteiger partial charge is 0.491 e. The van der Waals surface area contributed by atoms with Crippen LogP contribution in [0.1, 0.15) is 60.5 Å². The predicted molar refractivity (Wildman–Crippen MR) is 163 cm³/mol. The van der Waals surface area contributed by atoms with Crippen molar-refractivity contribution in [2.45, 2.75) is 58.0 Å². The van der Waals surface area contributed by atoms with Gasteiger partial charge in [0.05, 0.1) is 18.4 Å². The Bertz CT molecular complexity index is 1320. The molecule has 2 aliphatic heterocycles. The summed E-state index contributed by atoms with van der Waals surface area (Å²) in [4.78, 5) is 15.5. The van der Waals surface area contributed by atoms with E-state index in [9.17, 15) is 9.00 Å². The second-order valence-electron chi connectivity index (χ2n) is 11.5. The van der Waals surface area contributed by atoms with Gasteiger partial charge in [-0.1, -0.05) is 36.7 Å². The molecule has 0 N–H and O–H groups in total. The molecule has 0 saturated heterocycles. The molecule has 1 saturated carbocycles. The maximum atomic E-state index is 13.1. The third kappa shape index (κ3) is 7.10. The summed E-state index contributed by atoms with van der Waals surface area (Å²) in [5.74, 6) is 1.80. The van der Waals surface area contributed by atoms with Gasteiger partial charge < -0.3 is 14.4 Å². The third-order valence-electron chi connectivity index (χ3n) is 8.62. The highest BCUT2D eigenvalue weighted by atomic mass is 35.5. The summed E-state index contributed by atoms with van der Waals surface area (Å²) in [5, 5.41) is 0.771. The number of methoxy groups -OCH3 is 1. The number of rotatable bonds is 1. The number of fused-ring (bicyclic) bond motifs is 3. The molecule has 5 atom stereocenters. The Hall–Kier alpha value is -2.35. The SMILES string of the molecule is CO[C@H]1/C=C/C[C@H](C)C/[SH](=O)=N\C(=O)c2ccc3c(c2)N(CCc2ccc(Cl)cc2CCCCO3)C[C@@H]2CC[C@H]21. The van der Waals surface area contributed by atoms with Crippen LogP contribution in [0.5, 0.6) is 5.75 Å². The van der Waals surface area contributed by atoms with E-state index in [0.29, 0.717) is 29.8 Å². The zero-order chi connectivity index (χ0) is 28.1. The topological polar surface area (TPSA) is 68.2 Å². The summed E-state index contributed by atoms with van der Waals surface area (Å²) in [6.07, 6.45) is 11.2. The maximum absolute atomic E-state index is 13.1. The van der Waals surface area contributed by atoms with Gasteiger partial charge in [0.15, 0.2) is 0 Å². The first-order valence-corrected chi connectivity index (χ1v) is 16.4. The van der Waals surface area contributed by atoms with E-state index in [2.05, 4.69) is 40.5 Å². The van der Waals surface area contributed by atoms with E-state index < -0.39 is 16.5 Å². The number of carbonyl (C=O) groups excluding carboxylic acids is 1. The van der Waals surface area contributed by atoms with Gasteiger partial charge in [0.25, 0.3) is 5.91 Å². The van der Waals surface area contributed by atoms with Crippen LogP contribution in [0.2, 0.25) is 5.02 Å². The number of halogens is 1. The Morgan fingerprint density at radius 2 is 1.98 bits per heavy atom. The monoisotopic (exact) mass is 584 g/mol. The van der Waals surface area contributed by atoms with Crippen molar-refractivity contribution >= 4 is 33.8 Å². The molecular formula is C32H41ClN2O4S. The van der Waals surface area contributed by atoms with Gasteiger partial charge in [-0.05, 0) is 104 Å². The van der Waals surface area contributed by atoms with Crippen LogP contribution in [0, 0.1) is 17.8 Å². The Morgan fingerprint density at radius 3 is 2.77 bits per heavy atom. The molecule has 1 unspecified atom stereocenters. The lowest BCUT2D eigenvalue weighted by Crippen LogP contribution is -2.44. The highest BCUT2D eigenvalue weighted by Gasteiger charge is 2.37. The highest BCUT2D eigenvalue weighted by molar-refractivity contribution is 7.75. The minimum atomic E-state index is -1.99. The van der Waals surface area contributed by atoms with Crippen LogP contribution in [0.15, 0.2) is 52.9 Å². The van der Waals surface area contributed by atoms with Crippen LogP contribution in [0.3, 0.4) is 0 Å². The number of anilines is 1. The fourth-order valence-corrected chi connectivity index (χ4v) is 7.45. The van der Waals surface area contributed by atoms with Gasteiger partial charge in [-0.3, -0.25) is 9.00 Å². The molecule has 1 aliphatic carbocycles. The van der Waals surface area contributed by atoms with Crippen LogP contribution < -0.4 is 9.64 Å². The van der Waals surface area contributed by atoms with Gasteiger partial charge >= 0.3 is 0 Å². The van der Waals surface area contributed by atoms with Gasteiger partial charge in [0.2, 0.25) is 0 Å². The Morgan fingerprint density at radius 1 is 1.10 bits per heavy atom. The number of nitrogens with zero attached hydrogens (tertiary/aromatic N) is 2. The standard InChI is InChI=1S/C32H41ClN2O4S/c1-22-6-5-8-30(38-2)28-13-10-26(28)20-35-16-15-23-9-12-27(33)18-24(23)7-3-4-17-39-31-14-11-25(19-29(31)35)32(36)34-40(37)21-22/h5,8-9,11-12,14,18-19,22,26,28,30,40H,3-4,6-7,10,13,15-17,20-21H2,1-2H3/b8-5+/t22-,26-,28+,30-/m0/s1. The molecule has 3 aliphatic rings. The first kappa shape index (κ1) is 29.2. The van der Waals surface area contributed by atoms with Crippen molar-refractivity contribution in [2.24, 2.45) is 22.1 Å². The lowest BCUT2D eigenvalue weighted by atomic mass is 9.70. The molecule has 0 radical (unpaired) electrons. The highest BCUT2D eigenvalue weighted by Crippen LogP contribution is 2.41. The summed E-state index contributed by atoms with van der Waals surface area (Å²) < 4.78 is 29.2. The van der Waals surface area contributed by atoms with E-state index >= 15 is 0 Å². The van der Waals surface area contributed by atoms with Crippen molar-refractivity contribution in [3.8, 4) is 5.75 Å². The van der Waals surface area contributed by atoms with Crippen molar-refractivity contribution in [1.82, 2.24) is 0 Å². The predicted octanol–water partition coefficient (Wildman–Crippen LogP) is 6.55. The number of benzene rings is 2. The average Bonchev–Trinajstić information content (AvgIpc) is 2.91. The normalized spacial score (nSPS) is 29.2. The molecule has 2 bridgehead atoms.